The minimum Gasteiger partial charge on any atom is -0.354 e. The molecular formula is C18H19N3O3S2. The van der Waals surface area contributed by atoms with E-state index in [9.17, 15) is 13.2 Å². The Morgan fingerprint density at radius 3 is 2.65 bits per heavy atom. The number of nitrogens with zero attached hydrogens (tertiary/aromatic N) is 2. The molecule has 0 unspecified atom stereocenters. The normalized spacial score (nSPS) is 12.6. The van der Waals surface area contributed by atoms with Gasteiger partial charge in [0.05, 0.1) is 16.7 Å². The van der Waals surface area contributed by atoms with E-state index in [2.05, 4.69) is 10.4 Å². The third kappa shape index (κ3) is 4.59. The highest BCUT2D eigenvalue weighted by molar-refractivity contribution is 7.91. The van der Waals surface area contributed by atoms with Crippen molar-refractivity contribution in [2.24, 2.45) is 0 Å². The van der Waals surface area contributed by atoms with E-state index in [0.717, 1.165) is 5.56 Å². The lowest BCUT2D eigenvalue weighted by Gasteiger charge is -2.17. The molecular weight excluding hydrogens is 370 g/mol. The van der Waals surface area contributed by atoms with Crippen molar-refractivity contribution in [2.75, 3.05) is 12.3 Å². The standard InChI is InChI=1S/C18H19N3O3S2/c22-18(8-12-26(23,24)16-5-2-1-3-6-16)19-13-17(15-7-11-25-14-15)21-10-4-9-20-21/h1-7,9-11,14,17H,8,12-13H2,(H,19,22)/t17-/m0/s1. The lowest BCUT2D eigenvalue weighted by molar-refractivity contribution is -0.120. The van der Waals surface area contributed by atoms with Crippen molar-refractivity contribution in [3.05, 3.63) is 71.2 Å². The van der Waals surface area contributed by atoms with Crippen LogP contribution in [-0.2, 0) is 14.6 Å². The molecule has 0 aliphatic carbocycles. The summed E-state index contributed by atoms with van der Waals surface area (Å²) in [6, 6.07) is 11.9. The molecule has 3 aromatic rings. The minimum atomic E-state index is -3.46. The fraction of sp³-hybridized carbons (Fsp3) is 0.222. The van der Waals surface area contributed by atoms with E-state index < -0.39 is 9.84 Å². The van der Waals surface area contributed by atoms with Crippen LogP contribution >= 0.6 is 11.3 Å². The molecule has 0 bridgehead atoms. The number of rotatable bonds is 8. The van der Waals surface area contributed by atoms with Crippen molar-refractivity contribution in [1.29, 1.82) is 0 Å². The Kier molecular flexibility index (Phi) is 5.85. The van der Waals surface area contributed by atoms with Crippen LogP contribution in [0.2, 0.25) is 0 Å². The van der Waals surface area contributed by atoms with Crippen molar-refractivity contribution < 1.29 is 13.2 Å². The summed E-state index contributed by atoms with van der Waals surface area (Å²) in [5, 5.41) is 11.1. The van der Waals surface area contributed by atoms with Gasteiger partial charge in [-0.1, -0.05) is 18.2 Å². The first-order chi connectivity index (χ1) is 12.6. The molecule has 0 aliphatic heterocycles. The number of carbonyl (C=O) groups is 1. The molecule has 2 aromatic heterocycles. The van der Waals surface area contributed by atoms with Gasteiger partial charge >= 0.3 is 0 Å². The minimum absolute atomic E-state index is 0.0767. The number of benzene rings is 1. The lowest BCUT2D eigenvalue weighted by Crippen LogP contribution is -2.32. The Labute approximate surface area is 156 Å². The fourth-order valence-electron chi connectivity index (χ4n) is 2.57. The van der Waals surface area contributed by atoms with Gasteiger partial charge in [-0.3, -0.25) is 9.48 Å². The zero-order chi connectivity index (χ0) is 18.4. The Morgan fingerprint density at radius 1 is 1.19 bits per heavy atom. The maximum Gasteiger partial charge on any atom is 0.221 e. The number of aromatic nitrogens is 2. The third-order valence-electron chi connectivity index (χ3n) is 3.96. The van der Waals surface area contributed by atoms with Gasteiger partial charge in [-0.15, -0.1) is 0 Å². The summed E-state index contributed by atoms with van der Waals surface area (Å²) < 4.78 is 26.3. The van der Waals surface area contributed by atoms with Crippen molar-refractivity contribution in [1.82, 2.24) is 15.1 Å². The Bertz CT molecular complexity index is 887. The number of carbonyl (C=O) groups excluding carboxylic acids is 1. The summed E-state index contributed by atoms with van der Waals surface area (Å²) >= 11 is 1.58. The van der Waals surface area contributed by atoms with Crippen LogP contribution in [0, 0.1) is 0 Å². The van der Waals surface area contributed by atoms with Gasteiger partial charge < -0.3 is 5.32 Å². The van der Waals surface area contributed by atoms with E-state index >= 15 is 0 Å². The van der Waals surface area contributed by atoms with Gasteiger partial charge in [-0.05, 0) is 40.6 Å². The van der Waals surface area contributed by atoms with E-state index in [-0.39, 0.29) is 29.0 Å². The maximum atomic E-state index is 12.3. The van der Waals surface area contributed by atoms with Crippen molar-refractivity contribution in [3.63, 3.8) is 0 Å². The Morgan fingerprint density at radius 2 is 2.00 bits per heavy atom. The third-order valence-corrected chi connectivity index (χ3v) is 6.40. The summed E-state index contributed by atoms with van der Waals surface area (Å²) in [5.41, 5.74) is 1.05. The highest BCUT2D eigenvalue weighted by Crippen LogP contribution is 2.19. The zero-order valence-corrected chi connectivity index (χ0v) is 15.6. The average molecular weight is 390 g/mol. The smallest absolute Gasteiger partial charge is 0.221 e. The number of hydrogen-bond donors (Lipinski definition) is 1. The van der Waals surface area contributed by atoms with Crippen LogP contribution in [-0.4, -0.2) is 36.4 Å². The summed E-state index contributed by atoms with van der Waals surface area (Å²) in [5.74, 6) is -0.509. The molecule has 0 spiro atoms. The molecule has 26 heavy (non-hydrogen) atoms. The highest BCUT2D eigenvalue weighted by Gasteiger charge is 2.18. The largest absolute Gasteiger partial charge is 0.354 e. The molecule has 1 N–H and O–H groups in total. The first-order valence-electron chi connectivity index (χ1n) is 8.12. The average Bonchev–Trinajstić information content (AvgIpc) is 3.36. The Hall–Kier alpha value is -2.45. The maximum absolute atomic E-state index is 12.3. The van der Waals surface area contributed by atoms with Crippen molar-refractivity contribution in [2.45, 2.75) is 17.4 Å². The van der Waals surface area contributed by atoms with Crippen LogP contribution in [0.1, 0.15) is 18.0 Å². The number of thiophene rings is 1. The van der Waals surface area contributed by atoms with E-state index in [1.54, 1.807) is 40.4 Å². The van der Waals surface area contributed by atoms with Crippen LogP contribution < -0.4 is 5.32 Å². The van der Waals surface area contributed by atoms with Gasteiger partial charge in [0.25, 0.3) is 0 Å². The first kappa shape index (κ1) is 18.3. The van der Waals surface area contributed by atoms with Crippen LogP contribution in [0.4, 0.5) is 0 Å². The number of hydrogen-bond acceptors (Lipinski definition) is 5. The van der Waals surface area contributed by atoms with E-state index in [1.807, 2.05) is 29.1 Å². The summed E-state index contributed by atoms with van der Waals surface area (Å²) in [4.78, 5) is 12.4. The molecule has 0 fully saturated rings. The van der Waals surface area contributed by atoms with Gasteiger partial charge in [-0.2, -0.15) is 16.4 Å². The summed E-state index contributed by atoms with van der Waals surface area (Å²) in [6.07, 6.45) is 3.45. The van der Waals surface area contributed by atoms with Crippen LogP contribution in [0.5, 0.6) is 0 Å². The number of sulfone groups is 1. The van der Waals surface area contributed by atoms with Gasteiger partial charge in [-0.25, -0.2) is 8.42 Å². The predicted octanol–water partition coefficient (Wildman–Crippen LogP) is 2.51. The van der Waals surface area contributed by atoms with Gasteiger partial charge in [0.15, 0.2) is 9.84 Å². The van der Waals surface area contributed by atoms with E-state index in [4.69, 9.17) is 0 Å². The van der Waals surface area contributed by atoms with Crippen LogP contribution in [0.25, 0.3) is 0 Å². The molecule has 1 aromatic carbocycles. The predicted molar refractivity (Wildman–Crippen MR) is 101 cm³/mol. The molecule has 136 valence electrons. The second-order valence-electron chi connectivity index (χ2n) is 5.74. The van der Waals surface area contributed by atoms with E-state index in [1.165, 1.54) is 12.1 Å². The van der Waals surface area contributed by atoms with Crippen LogP contribution in [0.15, 0.2) is 70.5 Å². The second-order valence-corrected chi connectivity index (χ2v) is 8.63. The number of amides is 1. The lowest BCUT2D eigenvalue weighted by atomic mass is 10.1. The van der Waals surface area contributed by atoms with Crippen LogP contribution in [0.3, 0.4) is 0 Å². The SMILES string of the molecule is O=C(CCS(=O)(=O)c1ccccc1)NC[C@@H](c1ccsc1)n1cccn1. The van der Waals surface area contributed by atoms with Gasteiger partial charge in [0, 0.05) is 25.4 Å². The molecule has 0 aliphatic rings. The topological polar surface area (TPSA) is 81.1 Å². The zero-order valence-electron chi connectivity index (χ0n) is 14.0. The molecule has 2 heterocycles. The van der Waals surface area contributed by atoms with E-state index in [0.29, 0.717) is 6.54 Å². The Balaban J connectivity index is 1.58. The van der Waals surface area contributed by atoms with Crippen molar-refractivity contribution in [3.8, 4) is 0 Å². The molecule has 1 amide bonds. The quantitative estimate of drug-likeness (QED) is 0.642. The molecule has 8 heteroatoms. The molecule has 0 saturated heterocycles. The fourth-order valence-corrected chi connectivity index (χ4v) is 4.53. The van der Waals surface area contributed by atoms with Crippen molar-refractivity contribution >= 4 is 27.1 Å². The monoisotopic (exact) mass is 389 g/mol. The summed E-state index contributed by atoms with van der Waals surface area (Å²) in [6.45, 7) is 0.350. The molecule has 6 nitrogen and oxygen atoms in total. The van der Waals surface area contributed by atoms with Gasteiger partial charge in [0.2, 0.25) is 5.91 Å². The molecule has 0 radical (unpaired) electrons. The first-order valence-corrected chi connectivity index (χ1v) is 10.7. The molecule has 0 saturated carbocycles. The van der Waals surface area contributed by atoms with Gasteiger partial charge in [0.1, 0.15) is 0 Å². The summed E-state index contributed by atoms with van der Waals surface area (Å²) in [7, 11) is -3.46. The number of nitrogens with one attached hydrogen (secondary N) is 1. The second kappa shape index (κ2) is 8.29. The molecule has 3 rings (SSSR count). The molecule has 1 atom stereocenters. The highest BCUT2D eigenvalue weighted by atomic mass is 32.2.